The summed E-state index contributed by atoms with van der Waals surface area (Å²) in [6.45, 7) is -3.40. The maximum absolute atomic E-state index is 12.3. The zero-order valence-electron chi connectivity index (χ0n) is 20.8. The van der Waals surface area contributed by atoms with Gasteiger partial charge in [0, 0.05) is 6.42 Å². The molecule has 4 aromatic heterocycles. The minimum absolute atomic E-state index is 0.000510. The fourth-order valence-electron chi connectivity index (χ4n) is 5.42. The third kappa shape index (κ3) is 4.55. The van der Waals surface area contributed by atoms with Crippen molar-refractivity contribution in [1.29, 1.82) is 0 Å². The number of hydrogen-bond acceptors (Lipinski definition) is 14. The molecule has 3 aliphatic heterocycles. The van der Waals surface area contributed by atoms with Gasteiger partial charge < -0.3 is 39.6 Å². The van der Waals surface area contributed by atoms with E-state index < -0.39 is 43.2 Å². The number of ether oxygens (including phenoxy) is 3. The Morgan fingerprint density at radius 1 is 1.05 bits per heavy atom. The average Bonchev–Trinajstić information content (AvgIpc) is 3.67. The zero-order valence-corrected chi connectivity index (χ0v) is 22.5. The summed E-state index contributed by atoms with van der Waals surface area (Å²) in [7, 11) is 0. The standard InChI is InChI=1S/C21H25N10O7PS/c22-16-14-17(25-6-24-16)30(7-26-14)12-3-9-1-2-34-13-4-10(38-39(33,40)35-5-11(9)36-12)20(37-13)31-8-27-15-18(31)28-21(23)29-19(15)32/h6-13,20H,1-5H2,(H,33,40)(H2,22,24,25)(H3,23,28,29,32)/t9-,10+,11+,12+,13?,20+,39?/m0/s1. The lowest BCUT2D eigenvalue weighted by Crippen LogP contribution is -2.26. The summed E-state index contributed by atoms with van der Waals surface area (Å²) in [4.78, 5) is 46.6. The van der Waals surface area contributed by atoms with Crippen molar-refractivity contribution >= 4 is 52.6 Å². The van der Waals surface area contributed by atoms with E-state index in [-0.39, 0.29) is 41.9 Å². The molecule has 2 bridgehead atoms. The van der Waals surface area contributed by atoms with Crippen LogP contribution in [0.25, 0.3) is 22.3 Å². The molecule has 40 heavy (non-hydrogen) atoms. The highest BCUT2D eigenvalue weighted by Gasteiger charge is 2.44. The molecule has 7 atom stereocenters. The molecule has 0 radical (unpaired) electrons. The average molecular weight is 593 g/mol. The number of aromatic nitrogens is 8. The largest absolute Gasteiger partial charge is 0.382 e. The first-order valence-corrected chi connectivity index (χ1v) is 15.1. The number of hydrogen-bond donors (Lipinski definition) is 4. The third-order valence-corrected chi connectivity index (χ3v) is 8.87. The van der Waals surface area contributed by atoms with Crippen LogP contribution in [0.4, 0.5) is 11.8 Å². The van der Waals surface area contributed by atoms with Crippen LogP contribution in [0.2, 0.25) is 0 Å². The van der Waals surface area contributed by atoms with Gasteiger partial charge >= 0.3 is 6.72 Å². The van der Waals surface area contributed by atoms with Crippen LogP contribution in [0.1, 0.15) is 31.7 Å². The van der Waals surface area contributed by atoms with Gasteiger partial charge in [-0.05, 0) is 30.6 Å². The highest BCUT2D eigenvalue weighted by atomic mass is 32.5. The first-order chi connectivity index (χ1) is 19.3. The fourth-order valence-corrected chi connectivity index (χ4v) is 6.86. The molecule has 0 aromatic carbocycles. The minimum Gasteiger partial charge on any atom is -0.382 e. The lowest BCUT2D eigenvalue weighted by Gasteiger charge is -2.26. The molecule has 3 saturated heterocycles. The van der Waals surface area contributed by atoms with Crippen molar-refractivity contribution in [2.75, 3.05) is 24.7 Å². The van der Waals surface area contributed by atoms with E-state index in [0.29, 0.717) is 30.6 Å². The van der Waals surface area contributed by atoms with Gasteiger partial charge in [-0.25, -0.2) is 19.9 Å². The first-order valence-electron chi connectivity index (χ1n) is 12.5. The van der Waals surface area contributed by atoms with E-state index >= 15 is 0 Å². The second kappa shape index (κ2) is 9.78. The molecule has 7 heterocycles. The lowest BCUT2D eigenvalue weighted by molar-refractivity contribution is -0.154. The number of nitrogens with one attached hydrogen (secondary N) is 1. The van der Waals surface area contributed by atoms with Crippen molar-refractivity contribution in [1.82, 2.24) is 39.0 Å². The molecule has 4 aromatic rings. The van der Waals surface area contributed by atoms with Crippen molar-refractivity contribution in [3.05, 3.63) is 29.3 Å². The van der Waals surface area contributed by atoms with Crippen molar-refractivity contribution in [2.24, 2.45) is 5.92 Å². The van der Waals surface area contributed by atoms with E-state index in [1.807, 2.05) is 4.57 Å². The minimum atomic E-state index is -3.76. The Balaban J connectivity index is 1.13. The summed E-state index contributed by atoms with van der Waals surface area (Å²) in [5.41, 5.74) is 12.5. The lowest BCUT2D eigenvalue weighted by atomic mass is 9.98. The highest BCUT2D eigenvalue weighted by Crippen LogP contribution is 2.51. The Morgan fingerprint density at radius 3 is 2.75 bits per heavy atom. The van der Waals surface area contributed by atoms with Crippen LogP contribution < -0.4 is 17.0 Å². The van der Waals surface area contributed by atoms with E-state index in [4.69, 9.17) is 46.5 Å². The maximum Gasteiger partial charge on any atom is 0.325 e. The summed E-state index contributed by atoms with van der Waals surface area (Å²) in [6.07, 6.45) is 2.76. The number of anilines is 2. The van der Waals surface area contributed by atoms with Crippen LogP contribution in [-0.4, -0.2) is 75.6 Å². The summed E-state index contributed by atoms with van der Waals surface area (Å²) in [6, 6.07) is 0. The Hall–Kier alpha value is -3.09. The molecular formula is C21H25N10O7PS. The molecule has 17 nitrogen and oxygen atoms in total. The predicted molar refractivity (Wildman–Crippen MR) is 141 cm³/mol. The third-order valence-electron chi connectivity index (χ3n) is 7.28. The summed E-state index contributed by atoms with van der Waals surface area (Å²) in [5, 5.41) is 0. The Labute approximate surface area is 230 Å². The van der Waals surface area contributed by atoms with Crippen molar-refractivity contribution < 1.29 is 28.2 Å². The molecule has 6 N–H and O–H groups in total. The quantitative estimate of drug-likeness (QED) is 0.230. The first kappa shape index (κ1) is 25.8. The number of nitrogens with zero attached hydrogens (tertiary/aromatic N) is 7. The summed E-state index contributed by atoms with van der Waals surface area (Å²) in [5.74, 6) is 0.209. The number of nitrogen functional groups attached to an aromatic ring is 2. The molecule has 0 saturated carbocycles. The predicted octanol–water partition coefficient (Wildman–Crippen LogP) is 0.311. The molecule has 3 aliphatic rings. The van der Waals surface area contributed by atoms with Gasteiger partial charge in [0.1, 0.15) is 24.2 Å². The van der Waals surface area contributed by atoms with Gasteiger partial charge in [0.05, 0.1) is 32.0 Å². The number of nitrogens with two attached hydrogens (primary N) is 2. The Morgan fingerprint density at radius 2 is 1.88 bits per heavy atom. The molecule has 2 unspecified atom stereocenters. The van der Waals surface area contributed by atoms with E-state index in [1.165, 1.54) is 17.2 Å². The van der Waals surface area contributed by atoms with Crippen LogP contribution >= 0.6 is 6.72 Å². The molecule has 19 heteroatoms. The molecule has 0 spiro atoms. The summed E-state index contributed by atoms with van der Waals surface area (Å²) >= 11 is 5.36. The van der Waals surface area contributed by atoms with E-state index in [2.05, 4.69) is 29.9 Å². The highest BCUT2D eigenvalue weighted by molar-refractivity contribution is 8.07. The number of H-pyrrole nitrogens is 1. The van der Waals surface area contributed by atoms with Crippen molar-refractivity contribution in [3.63, 3.8) is 0 Å². The van der Waals surface area contributed by atoms with Gasteiger partial charge in [-0.15, -0.1) is 0 Å². The monoisotopic (exact) mass is 592 g/mol. The SMILES string of the molecule is Nc1nc2c(ncn2[C@@H]2OC3C[C@H]2OP(O)(=S)OC[C@H]2O[C@@H](n4cnc5c(N)ncnc54)C[C@@H]2CCO3)c(=O)[nH]1. The van der Waals surface area contributed by atoms with E-state index in [9.17, 15) is 9.69 Å². The van der Waals surface area contributed by atoms with E-state index in [0.717, 1.165) is 0 Å². The van der Waals surface area contributed by atoms with Crippen LogP contribution in [0, 0.1) is 5.92 Å². The second-order valence-corrected chi connectivity index (χ2v) is 12.5. The van der Waals surface area contributed by atoms with Gasteiger partial charge in [0.15, 0.2) is 35.1 Å². The molecule has 3 fully saturated rings. The number of rotatable bonds is 2. The second-order valence-electron chi connectivity index (χ2n) is 9.74. The number of aromatic amines is 1. The topological polar surface area (TPSA) is 226 Å². The van der Waals surface area contributed by atoms with Crippen LogP contribution in [-0.2, 0) is 35.1 Å². The molecule has 0 amide bonds. The van der Waals surface area contributed by atoms with E-state index in [1.54, 1.807) is 6.33 Å². The smallest absolute Gasteiger partial charge is 0.325 e. The van der Waals surface area contributed by atoms with Gasteiger partial charge in [0.2, 0.25) is 5.95 Å². The number of imidazole rings is 2. The van der Waals surface area contributed by atoms with Crippen LogP contribution in [0.3, 0.4) is 0 Å². The summed E-state index contributed by atoms with van der Waals surface area (Å²) < 4.78 is 33.6. The van der Waals surface area contributed by atoms with Gasteiger partial charge in [0.25, 0.3) is 5.56 Å². The Kier molecular flexibility index (Phi) is 6.32. The van der Waals surface area contributed by atoms with Crippen molar-refractivity contribution in [3.8, 4) is 0 Å². The maximum atomic E-state index is 12.3. The fraction of sp³-hybridized carbons (Fsp3) is 0.524. The van der Waals surface area contributed by atoms with Crippen LogP contribution in [0.5, 0.6) is 0 Å². The Bertz CT molecular complexity index is 1700. The van der Waals surface area contributed by atoms with Gasteiger partial charge in [-0.1, -0.05) is 0 Å². The normalized spacial score (nSPS) is 33.1. The molecule has 212 valence electrons. The molecular weight excluding hydrogens is 567 g/mol. The van der Waals surface area contributed by atoms with Gasteiger partial charge in [-0.2, -0.15) is 4.98 Å². The molecule has 0 aliphatic carbocycles. The van der Waals surface area contributed by atoms with Crippen molar-refractivity contribution in [2.45, 2.75) is 50.2 Å². The number of fused-ring (bicyclic) bond motifs is 5. The van der Waals surface area contributed by atoms with Crippen LogP contribution in [0.15, 0.2) is 23.8 Å². The molecule has 7 rings (SSSR count). The van der Waals surface area contributed by atoms with Gasteiger partial charge in [-0.3, -0.25) is 18.9 Å². The zero-order chi connectivity index (χ0) is 27.6.